The molecule has 0 aliphatic rings. The van der Waals surface area contributed by atoms with Gasteiger partial charge in [0.15, 0.2) is 0 Å². The largest absolute Gasteiger partial charge is 0.473 e. The van der Waals surface area contributed by atoms with Gasteiger partial charge in [-0.05, 0) is 35.4 Å². The highest BCUT2D eigenvalue weighted by Gasteiger charge is 2.15. The fraction of sp³-hybridized carbons (Fsp3) is 0.0800. The van der Waals surface area contributed by atoms with Crippen molar-refractivity contribution in [1.29, 1.82) is 0 Å². The standard InChI is InChI=1S/C25H21FN2O2/c26-23-13-11-20(27)15-22(23)21-12-14-24(29-16-18-7-3-1-4-8-18)28-25(21)30-17-19-9-5-2-6-10-19/h1-15H,16-17,27H2. The molecule has 0 radical (unpaired) electrons. The van der Waals surface area contributed by atoms with Crippen molar-refractivity contribution in [2.24, 2.45) is 0 Å². The second-order valence-electron chi connectivity index (χ2n) is 6.79. The molecule has 150 valence electrons. The van der Waals surface area contributed by atoms with E-state index in [4.69, 9.17) is 15.2 Å². The van der Waals surface area contributed by atoms with Gasteiger partial charge in [-0.2, -0.15) is 4.98 Å². The maximum absolute atomic E-state index is 14.5. The minimum Gasteiger partial charge on any atom is -0.473 e. The Kier molecular flexibility index (Phi) is 5.90. The monoisotopic (exact) mass is 400 g/mol. The second kappa shape index (κ2) is 9.09. The molecule has 0 saturated heterocycles. The van der Waals surface area contributed by atoms with Gasteiger partial charge in [-0.1, -0.05) is 60.7 Å². The SMILES string of the molecule is Nc1ccc(F)c(-c2ccc(OCc3ccccc3)nc2OCc2ccccc2)c1. The maximum Gasteiger partial charge on any atom is 0.225 e. The van der Waals surface area contributed by atoms with Gasteiger partial charge in [0.1, 0.15) is 19.0 Å². The molecule has 0 aliphatic carbocycles. The third-order valence-electron chi connectivity index (χ3n) is 4.56. The van der Waals surface area contributed by atoms with E-state index in [0.29, 0.717) is 35.9 Å². The zero-order valence-electron chi connectivity index (χ0n) is 16.3. The van der Waals surface area contributed by atoms with E-state index in [2.05, 4.69) is 4.98 Å². The van der Waals surface area contributed by atoms with Gasteiger partial charge >= 0.3 is 0 Å². The molecule has 1 heterocycles. The normalized spacial score (nSPS) is 10.6. The summed E-state index contributed by atoms with van der Waals surface area (Å²) in [6, 6.07) is 27.4. The number of halogens is 1. The first-order chi connectivity index (χ1) is 14.7. The van der Waals surface area contributed by atoms with Gasteiger partial charge in [-0.25, -0.2) is 4.39 Å². The van der Waals surface area contributed by atoms with Gasteiger partial charge in [-0.15, -0.1) is 0 Å². The summed E-state index contributed by atoms with van der Waals surface area (Å²) < 4.78 is 26.3. The Bertz CT molecular complexity index is 1120. The molecule has 4 rings (SSSR count). The van der Waals surface area contributed by atoms with Gasteiger partial charge in [-0.3, -0.25) is 0 Å². The number of anilines is 1. The van der Waals surface area contributed by atoms with Crippen molar-refractivity contribution in [3.63, 3.8) is 0 Å². The second-order valence-corrected chi connectivity index (χ2v) is 6.79. The molecule has 4 nitrogen and oxygen atoms in total. The highest BCUT2D eigenvalue weighted by atomic mass is 19.1. The third kappa shape index (κ3) is 4.75. The number of hydrogen-bond acceptors (Lipinski definition) is 4. The van der Waals surface area contributed by atoms with Crippen LogP contribution >= 0.6 is 0 Å². The molecular weight excluding hydrogens is 379 g/mol. The van der Waals surface area contributed by atoms with Crippen LogP contribution in [0.1, 0.15) is 11.1 Å². The lowest BCUT2D eigenvalue weighted by Gasteiger charge is -2.14. The van der Waals surface area contributed by atoms with E-state index in [1.165, 1.54) is 12.1 Å². The van der Waals surface area contributed by atoms with Crippen molar-refractivity contribution in [2.45, 2.75) is 13.2 Å². The van der Waals surface area contributed by atoms with E-state index in [1.54, 1.807) is 18.2 Å². The predicted molar refractivity (Wildman–Crippen MR) is 116 cm³/mol. The van der Waals surface area contributed by atoms with Gasteiger partial charge in [0.05, 0.1) is 0 Å². The summed E-state index contributed by atoms with van der Waals surface area (Å²) in [6.45, 7) is 0.671. The first-order valence-electron chi connectivity index (χ1n) is 9.59. The minimum absolute atomic E-state index is 0.286. The van der Waals surface area contributed by atoms with Crippen LogP contribution in [0.15, 0.2) is 91.0 Å². The molecule has 0 fully saturated rings. The molecule has 0 amide bonds. The van der Waals surface area contributed by atoms with E-state index < -0.39 is 5.82 Å². The maximum atomic E-state index is 14.5. The predicted octanol–water partition coefficient (Wildman–Crippen LogP) is 5.63. The lowest BCUT2D eigenvalue weighted by atomic mass is 10.1. The molecule has 2 N–H and O–H groups in total. The smallest absolute Gasteiger partial charge is 0.225 e. The lowest BCUT2D eigenvalue weighted by Crippen LogP contribution is -2.03. The van der Waals surface area contributed by atoms with E-state index in [9.17, 15) is 4.39 Å². The minimum atomic E-state index is -0.395. The molecular formula is C25H21FN2O2. The molecule has 0 atom stereocenters. The van der Waals surface area contributed by atoms with Gasteiger partial charge < -0.3 is 15.2 Å². The van der Waals surface area contributed by atoms with E-state index in [0.717, 1.165) is 11.1 Å². The van der Waals surface area contributed by atoms with Gasteiger partial charge in [0.2, 0.25) is 11.8 Å². The first kappa shape index (κ1) is 19.5. The lowest BCUT2D eigenvalue weighted by molar-refractivity contribution is 0.268. The van der Waals surface area contributed by atoms with Crippen LogP contribution in [-0.4, -0.2) is 4.98 Å². The Morgan fingerprint density at radius 1 is 0.700 bits per heavy atom. The number of ether oxygens (including phenoxy) is 2. The number of nitrogens with two attached hydrogens (primary N) is 1. The summed E-state index contributed by atoms with van der Waals surface area (Å²) in [7, 11) is 0. The van der Waals surface area contributed by atoms with Crippen LogP contribution in [0.5, 0.6) is 11.8 Å². The molecule has 0 saturated carbocycles. The Morgan fingerprint density at radius 3 is 2.00 bits per heavy atom. The van der Waals surface area contributed by atoms with E-state index in [1.807, 2.05) is 60.7 Å². The fourth-order valence-electron chi connectivity index (χ4n) is 3.03. The molecule has 0 bridgehead atoms. The molecule has 1 aromatic heterocycles. The third-order valence-corrected chi connectivity index (χ3v) is 4.56. The summed E-state index contributed by atoms with van der Waals surface area (Å²) in [4.78, 5) is 4.50. The molecule has 4 aromatic rings. The van der Waals surface area contributed by atoms with Crippen molar-refractivity contribution in [3.8, 4) is 22.9 Å². The van der Waals surface area contributed by atoms with Crippen LogP contribution in [-0.2, 0) is 13.2 Å². The number of hydrogen-bond donors (Lipinski definition) is 1. The summed E-state index contributed by atoms with van der Waals surface area (Å²) in [5.41, 5.74) is 9.19. The summed E-state index contributed by atoms with van der Waals surface area (Å²) in [6.07, 6.45) is 0. The summed E-state index contributed by atoms with van der Waals surface area (Å²) in [5.74, 6) is 0.289. The Labute approximate surface area is 174 Å². The quantitative estimate of drug-likeness (QED) is 0.409. The molecule has 3 aromatic carbocycles. The molecule has 0 spiro atoms. The number of nitrogen functional groups attached to an aromatic ring is 1. The number of benzene rings is 3. The molecule has 30 heavy (non-hydrogen) atoms. The van der Waals surface area contributed by atoms with Gasteiger partial charge in [0, 0.05) is 22.9 Å². The van der Waals surface area contributed by atoms with Gasteiger partial charge in [0.25, 0.3) is 0 Å². The van der Waals surface area contributed by atoms with E-state index >= 15 is 0 Å². The van der Waals surface area contributed by atoms with Crippen LogP contribution in [0.25, 0.3) is 11.1 Å². The zero-order chi connectivity index (χ0) is 20.8. The average molecular weight is 400 g/mol. The fourth-order valence-corrected chi connectivity index (χ4v) is 3.03. The highest BCUT2D eigenvalue weighted by Crippen LogP contribution is 2.34. The highest BCUT2D eigenvalue weighted by molar-refractivity contribution is 5.72. The number of nitrogens with zero attached hydrogens (tertiary/aromatic N) is 1. The summed E-state index contributed by atoms with van der Waals surface area (Å²) >= 11 is 0. The molecule has 5 heteroatoms. The number of rotatable bonds is 7. The molecule has 0 aliphatic heterocycles. The summed E-state index contributed by atoms with van der Waals surface area (Å²) in [5, 5.41) is 0. The van der Waals surface area contributed by atoms with Crippen LogP contribution in [0, 0.1) is 5.82 Å². The number of pyridine rings is 1. The van der Waals surface area contributed by atoms with Crippen molar-refractivity contribution >= 4 is 5.69 Å². The molecule has 0 unspecified atom stereocenters. The zero-order valence-corrected chi connectivity index (χ0v) is 16.3. The topological polar surface area (TPSA) is 57.4 Å². The Hall–Kier alpha value is -3.86. The van der Waals surface area contributed by atoms with Crippen molar-refractivity contribution < 1.29 is 13.9 Å². The van der Waals surface area contributed by atoms with Crippen molar-refractivity contribution in [1.82, 2.24) is 4.98 Å². The van der Waals surface area contributed by atoms with Crippen LogP contribution in [0.2, 0.25) is 0 Å². The Balaban J connectivity index is 1.63. The van der Waals surface area contributed by atoms with E-state index in [-0.39, 0.29) is 5.88 Å². The number of aromatic nitrogens is 1. The first-order valence-corrected chi connectivity index (χ1v) is 9.59. The Morgan fingerprint density at radius 2 is 1.33 bits per heavy atom. The van der Waals surface area contributed by atoms with Crippen LogP contribution in [0.4, 0.5) is 10.1 Å². The van der Waals surface area contributed by atoms with Crippen LogP contribution < -0.4 is 15.2 Å². The van der Waals surface area contributed by atoms with Crippen LogP contribution in [0.3, 0.4) is 0 Å². The van der Waals surface area contributed by atoms with Crippen molar-refractivity contribution in [3.05, 3.63) is 108 Å². The average Bonchev–Trinajstić information content (AvgIpc) is 2.79. The van der Waals surface area contributed by atoms with Crippen molar-refractivity contribution in [2.75, 3.05) is 5.73 Å².